The van der Waals surface area contributed by atoms with Gasteiger partial charge in [-0.3, -0.25) is 19.2 Å². The van der Waals surface area contributed by atoms with E-state index >= 15 is 0 Å². The summed E-state index contributed by atoms with van der Waals surface area (Å²) in [6.07, 6.45) is 0. The van der Waals surface area contributed by atoms with E-state index in [1.54, 1.807) is 41.5 Å². The monoisotopic (exact) mass is 724 g/mol. The van der Waals surface area contributed by atoms with Gasteiger partial charge in [0.25, 0.3) is 11.8 Å². The Balaban J connectivity index is 1.65. The standard InChI is InChI=1S/C36H40N2O14/c1-35(2,3)33(47)51-13-11-49-31(45)23-15-19(7-9-25(23)39)37-29(43)21-17-28(42)22(18-27(21)41)30(44)38-20-8-10-26(40)24(16-20)32(46)50-12-14-52-34(48)36(4,5)6/h7-10,15-18,39-42H,11-14H2,1-6H3,(H,37,43)(H,38,44). The first kappa shape index (κ1) is 40.1. The number of rotatable bonds is 12. The molecule has 278 valence electrons. The number of anilines is 2. The second kappa shape index (κ2) is 16.6. The van der Waals surface area contributed by atoms with Crippen LogP contribution in [0, 0.1) is 10.8 Å². The van der Waals surface area contributed by atoms with E-state index in [9.17, 15) is 49.2 Å². The van der Waals surface area contributed by atoms with E-state index < -0.39 is 80.6 Å². The van der Waals surface area contributed by atoms with Gasteiger partial charge in [-0.05, 0) is 90.1 Å². The number of ether oxygens (including phenoxy) is 4. The lowest BCUT2D eigenvalue weighted by atomic mass is 9.97. The zero-order valence-corrected chi connectivity index (χ0v) is 29.3. The average Bonchev–Trinajstić information content (AvgIpc) is 3.06. The molecule has 0 fully saturated rings. The van der Waals surface area contributed by atoms with Crippen molar-refractivity contribution in [2.45, 2.75) is 41.5 Å². The average molecular weight is 725 g/mol. The molecule has 0 spiro atoms. The van der Waals surface area contributed by atoms with Crippen molar-refractivity contribution in [1.82, 2.24) is 0 Å². The summed E-state index contributed by atoms with van der Waals surface area (Å²) < 4.78 is 20.1. The molecule has 0 atom stereocenters. The fourth-order valence-corrected chi connectivity index (χ4v) is 4.02. The lowest BCUT2D eigenvalue weighted by Gasteiger charge is -2.16. The summed E-state index contributed by atoms with van der Waals surface area (Å²) in [5.74, 6) is -7.26. The van der Waals surface area contributed by atoms with Gasteiger partial charge in [0, 0.05) is 11.4 Å². The molecule has 3 rings (SSSR count). The van der Waals surface area contributed by atoms with Gasteiger partial charge in [-0.15, -0.1) is 0 Å². The fourth-order valence-electron chi connectivity index (χ4n) is 4.02. The predicted octanol–water partition coefficient (Wildman–Crippen LogP) is 4.51. The molecule has 16 nitrogen and oxygen atoms in total. The van der Waals surface area contributed by atoms with Crippen LogP contribution >= 0.6 is 0 Å². The Hall–Kier alpha value is -6.32. The Morgan fingerprint density at radius 3 is 1.13 bits per heavy atom. The maximum Gasteiger partial charge on any atom is 0.342 e. The van der Waals surface area contributed by atoms with E-state index in [1.165, 1.54) is 12.1 Å². The molecule has 0 bridgehead atoms. The third kappa shape index (κ3) is 10.8. The molecule has 16 heteroatoms. The molecule has 0 unspecified atom stereocenters. The highest BCUT2D eigenvalue weighted by atomic mass is 16.6. The predicted molar refractivity (Wildman–Crippen MR) is 183 cm³/mol. The molecule has 0 aliphatic rings. The Kier molecular flexibility index (Phi) is 12.8. The van der Waals surface area contributed by atoms with Gasteiger partial charge >= 0.3 is 23.9 Å². The number of phenols is 4. The van der Waals surface area contributed by atoms with Crippen LogP contribution in [0.3, 0.4) is 0 Å². The summed E-state index contributed by atoms with van der Waals surface area (Å²) in [6, 6.07) is 8.54. The molecule has 0 radical (unpaired) electrons. The first-order chi connectivity index (χ1) is 24.2. The molecule has 2 amide bonds. The number of carbonyl (C=O) groups is 6. The molecule has 0 aliphatic carbocycles. The molecule has 0 heterocycles. The topological polar surface area (TPSA) is 244 Å². The van der Waals surface area contributed by atoms with Crippen LogP contribution in [-0.2, 0) is 28.5 Å². The molecule has 52 heavy (non-hydrogen) atoms. The molecule has 0 saturated heterocycles. The zero-order chi connectivity index (χ0) is 39.0. The van der Waals surface area contributed by atoms with Crippen LogP contribution in [-0.4, -0.2) is 82.5 Å². The van der Waals surface area contributed by atoms with Gasteiger partial charge in [-0.1, -0.05) is 0 Å². The van der Waals surface area contributed by atoms with Gasteiger partial charge < -0.3 is 50.0 Å². The molecule has 0 aliphatic heterocycles. The van der Waals surface area contributed by atoms with E-state index in [-0.39, 0.29) is 48.9 Å². The van der Waals surface area contributed by atoms with Gasteiger partial charge in [0.1, 0.15) is 60.6 Å². The van der Waals surface area contributed by atoms with Gasteiger partial charge in [0.05, 0.1) is 22.0 Å². The SMILES string of the molecule is CC(C)(C)C(=O)OCCOC(=O)c1cc(NC(=O)c2cc(O)c(C(=O)Nc3ccc(O)c(C(=O)OCCOC(=O)C(C)(C)C)c3)cc2O)ccc1O. The minimum Gasteiger partial charge on any atom is -0.507 e. The lowest BCUT2D eigenvalue weighted by Crippen LogP contribution is -2.25. The van der Waals surface area contributed by atoms with E-state index in [4.69, 9.17) is 18.9 Å². The second-order valence-electron chi connectivity index (χ2n) is 13.3. The molecule has 3 aromatic rings. The van der Waals surface area contributed by atoms with Crippen molar-refractivity contribution in [2.24, 2.45) is 10.8 Å². The van der Waals surface area contributed by atoms with Gasteiger partial charge in [-0.2, -0.15) is 0 Å². The van der Waals surface area contributed by atoms with Crippen LogP contribution in [0.5, 0.6) is 23.0 Å². The van der Waals surface area contributed by atoms with Crippen molar-refractivity contribution >= 4 is 47.1 Å². The van der Waals surface area contributed by atoms with Gasteiger partial charge in [-0.25, -0.2) is 9.59 Å². The highest BCUT2D eigenvalue weighted by Crippen LogP contribution is 2.31. The minimum atomic E-state index is -0.979. The number of esters is 4. The number of hydrogen-bond donors (Lipinski definition) is 6. The summed E-state index contributed by atoms with van der Waals surface area (Å²) in [6.45, 7) is 8.89. The Morgan fingerprint density at radius 2 is 0.808 bits per heavy atom. The number of phenolic OH excluding ortho intramolecular Hbond substituents is 4. The molecular weight excluding hydrogens is 684 g/mol. The smallest absolute Gasteiger partial charge is 0.342 e. The Bertz CT molecular complexity index is 1740. The summed E-state index contributed by atoms with van der Waals surface area (Å²) in [5.41, 5.74) is -3.11. The van der Waals surface area contributed by atoms with E-state index in [2.05, 4.69) is 10.6 Å². The lowest BCUT2D eigenvalue weighted by molar-refractivity contribution is -0.154. The molecule has 6 N–H and O–H groups in total. The summed E-state index contributed by atoms with van der Waals surface area (Å²) in [7, 11) is 0. The number of carbonyl (C=O) groups excluding carboxylic acids is 6. The summed E-state index contributed by atoms with van der Waals surface area (Å²) >= 11 is 0. The quantitative estimate of drug-likeness (QED) is 0.0652. The Morgan fingerprint density at radius 1 is 0.481 bits per heavy atom. The van der Waals surface area contributed by atoms with Crippen molar-refractivity contribution < 1.29 is 68.1 Å². The third-order valence-electron chi connectivity index (χ3n) is 6.88. The van der Waals surface area contributed by atoms with Crippen molar-refractivity contribution in [3.63, 3.8) is 0 Å². The number of benzene rings is 3. The summed E-state index contributed by atoms with van der Waals surface area (Å²) in [5, 5.41) is 46.3. The zero-order valence-electron chi connectivity index (χ0n) is 29.3. The maximum absolute atomic E-state index is 13.0. The third-order valence-corrected chi connectivity index (χ3v) is 6.88. The summed E-state index contributed by atoms with van der Waals surface area (Å²) in [4.78, 5) is 74.7. The van der Waals surface area contributed by atoms with E-state index in [0.717, 1.165) is 36.4 Å². The Labute approximate surface area is 298 Å². The van der Waals surface area contributed by atoms with Gasteiger partial charge in [0.15, 0.2) is 0 Å². The van der Waals surface area contributed by atoms with Crippen LogP contribution in [0.4, 0.5) is 11.4 Å². The van der Waals surface area contributed by atoms with E-state index in [0.29, 0.717) is 0 Å². The first-order valence-corrected chi connectivity index (χ1v) is 15.7. The maximum atomic E-state index is 13.0. The van der Waals surface area contributed by atoms with Crippen molar-refractivity contribution in [3.05, 3.63) is 70.8 Å². The molecular formula is C36H40N2O14. The highest BCUT2D eigenvalue weighted by Gasteiger charge is 2.25. The fraction of sp³-hybridized carbons (Fsp3) is 0.333. The van der Waals surface area contributed by atoms with E-state index in [1.807, 2.05) is 0 Å². The second-order valence-corrected chi connectivity index (χ2v) is 13.3. The number of nitrogens with one attached hydrogen (secondary N) is 2. The van der Waals surface area contributed by atoms with Crippen molar-refractivity contribution in [1.29, 1.82) is 0 Å². The number of aromatic hydroxyl groups is 4. The molecule has 0 aromatic heterocycles. The van der Waals surface area contributed by atoms with Crippen LogP contribution in [0.25, 0.3) is 0 Å². The highest BCUT2D eigenvalue weighted by molar-refractivity contribution is 6.11. The van der Waals surface area contributed by atoms with Gasteiger partial charge in [0.2, 0.25) is 0 Å². The van der Waals surface area contributed by atoms with Crippen LogP contribution < -0.4 is 10.6 Å². The van der Waals surface area contributed by atoms with Crippen molar-refractivity contribution in [3.8, 4) is 23.0 Å². The normalized spacial score (nSPS) is 11.2. The number of amides is 2. The molecule has 0 saturated carbocycles. The van der Waals surface area contributed by atoms with Crippen LogP contribution in [0.1, 0.15) is 83.0 Å². The number of hydrogen-bond acceptors (Lipinski definition) is 14. The van der Waals surface area contributed by atoms with Crippen LogP contribution in [0.2, 0.25) is 0 Å². The largest absolute Gasteiger partial charge is 0.507 e. The minimum absolute atomic E-state index is 0.0118. The molecule has 3 aromatic carbocycles. The first-order valence-electron chi connectivity index (χ1n) is 15.7. The van der Waals surface area contributed by atoms with Crippen LogP contribution in [0.15, 0.2) is 48.5 Å². The van der Waals surface area contributed by atoms with Crippen molar-refractivity contribution in [2.75, 3.05) is 37.1 Å².